The standard InChI is InChI=1S/C12H13ClO4/c1-16-12(17-2)11(15)7-10(14)8-5-3-4-6-9(8)13/h3-6,12H,7H2,1-2H3. The predicted octanol–water partition coefficient (Wildman–Crippen LogP) is 2.10. The van der Waals surface area contributed by atoms with Gasteiger partial charge in [-0.25, -0.2) is 0 Å². The van der Waals surface area contributed by atoms with Crippen molar-refractivity contribution in [2.24, 2.45) is 0 Å². The average molecular weight is 257 g/mol. The van der Waals surface area contributed by atoms with Crippen molar-refractivity contribution in [1.82, 2.24) is 0 Å². The molecule has 0 radical (unpaired) electrons. The van der Waals surface area contributed by atoms with Crippen molar-refractivity contribution in [2.75, 3.05) is 14.2 Å². The highest BCUT2D eigenvalue weighted by Gasteiger charge is 2.21. The molecule has 0 N–H and O–H groups in total. The van der Waals surface area contributed by atoms with Crippen LogP contribution in [0.5, 0.6) is 0 Å². The highest BCUT2D eigenvalue weighted by atomic mass is 35.5. The van der Waals surface area contributed by atoms with E-state index < -0.39 is 12.1 Å². The van der Waals surface area contributed by atoms with Crippen LogP contribution in [0, 0.1) is 0 Å². The minimum atomic E-state index is -1.01. The second-order valence-corrected chi connectivity index (χ2v) is 3.76. The van der Waals surface area contributed by atoms with Crippen molar-refractivity contribution < 1.29 is 19.1 Å². The summed E-state index contributed by atoms with van der Waals surface area (Å²) in [4.78, 5) is 23.4. The molecule has 0 fully saturated rings. The lowest BCUT2D eigenvalue weighted by atomic mass is 10.1. The fourth-order valence-corrected chi connectivity index (χ4v) is 1.62. The third-order valence-electron chi connectivity index (χ3n) is 2.20. The maximum Gasteiger partial charge on any atom is 0.217 e. The fraction of sp³-hybridized carbons (Fsp3) is 0.333. The Morgan fingerprint density at radius 3 is 2.35 bits per heavy atom. The Kier molecular flexibility index (Phi) is 5.28. The minimum absolute atomic E-state index is 0.296. The Balaban J connectivity index is 2.73. The van der Waals surface area contributed by atoms with Crippen LogP contribution in [0.15, 0.2) is 24.3 Å². The molecular formula is C12H13ClO4. The Morgan fingerprint density at radius 2 is 1.82 bits per heavy atom. The van der Waals surface area contributed by atoms with Crippen LogP contribution in [0.25, 0.3) is 0 Å². The molecule has 4 nitrogen and oxygen atoms in total. The Labute approximate surface area is 104 Å². The lowest BCUT2D eigenvalue weighted by molar-refractivity contribution is -0.155. The molecule has 1 aromatic carbocycles. The molecule has 0 saturated heterocycles. The van der Waals surface area contributed by atoms with Gasteiger partial charge in [0, 0.05) is 19.8 Å². The van der Waals surface area contributed by atoms with Gasteiger partial charge < -0.3 is 9.47 Å². The number of rotatable bonds is 6. The normalized spacial score (nSPS) is 10.6. The second-order valence-electron chi connectivity index (χ2n) is 3.35. The minimum Gasteiger partial charge on any atom is -0.349 e. The number of carbonyl (C=O) groups excluding carboxylic acids is 2. The lowest BCUT2D eigenvalue weighted by Crippen LogP contribution is -2.27. The van der Waals surface area contributed by atoms with Crippen molar-refractivity contribution in [3.8, 4) is 0 Å². The largest absolute Gasteiger partial charge is 0.349 e. The first-order valence-electron chi connectivity index (χ1n) is 4.96. The smallest absolute Gasteiger partial charge is 0.217 e. The van der Waals surface area contributed by atoms with Gasteiger partial charge >= 0.3 is 0 Å². The first-order valence-corrected chi connectivity index (χ1v) is 5.34. The van der Waals surface area contributed by atoms with Crippen LogP contribution in [0.2, 0.25) is 5.02 Å². The monoisotopic (exact) mass is 256 g/mol. The summed E-state index contributed by atoms with van der Waals surface area (Å²) < 4.78 is 9.54. The fourth-order valence-electron chi connectivity index (χ4n) is 1.38. The molecule has 0 aliphatic rings. The van der Waals surface area contributed by atoms with Crippen LogP contribution < -0.4 is 0 Å². The molecule has 5 heteroatoms. The molecule has 0 saturated carbocycles. The van der Waals surface area contributed by atoms with Crippen LogP contribution in [-0.2, 0) is 14.3 Å². The van der Waals surface area contributed by atoms with Crippen molar-refractivity contribution in [3.05, 3.63) is 34.9 Å². The Hall–Kier alpha value is -1.23. The van der Waals surface area contributed by atoms with Crippen molar-refractivity contribution in [2.45, 2.75) is 12.7 Å². The number of halogens is 1. The number of hydrogen-bond donors (Lipinski definition) is 0. The summed E-state index contributed by atoms with van der Waals surface area (Å²) in [6, 6.07) is 6.58. The summed E-state index contributed by atoms with van der Waals surface area (Å²) in [5.74, 6) is -0.778. The number of ether oxygens (including phenoxy) is 2. The summed E-state index contributed by atoms with van der Waals surface area (Å²) in [5.41, 5.74) is 0.327. The topological polar surface area (TPSA) is 52.6 Å². The number of carbonyl (C=O) groups is 2. The van der Waals surface area contributed by atoms with Gasteiger partial charge in [-0.05, 0) is 12.1 Å². The van der Waals surface area contributed by atoms with E-state index in [2.05, 4.69) is 0 Å². The van der Waals surface area contributed by atoms with E-state index in [0.717, 1.165) is 0 Å². The van der Waals surface area contributed by atoms with Gasteiger partial charge in [0.15, 0.2) is 11.6 Å². The molecule has 17 heavy (non-hydrogen) atoms. The molecule has 0 atom stereocenters. The molecule has 0 aliphatic carbocycles. The predicted molar refractivity (Wildman–Crippen MR) is 63.2 cm³/mol. The van der Waals surface area contributed by atoms with E-state index in [1.54, 1.807) is 24.3 Å². The van der Waals surface area contributed by atoms with Gasteiger partial charge in [0.1, 0.15) is 0 Å². The van der Waals surface area contributed by atoms with E-state index in [1.165, 1.54) is 14.2 Å². The zero-order valence-electron chi connectivity index (χ0n) is 9.60. The van der Waals surface area contributed by atoms with Gasteiger partial charge in [-0.15, -0.1) is 0 Å². The molecule has 0 spiro atoms. The van der Waals surface area contributed by atoms with E-state index >= 15 is 0 Å². The van der Waals surface area contributed by atoms with E-state index in [4.69, 9.17) is 21.1 Å². The van der Waals surface area contributed by atoms with Crippen molar-refractivity contribution >= 4 is 23.2 Å². The molecule has 0 heterocycles. The maximum absolute atomic E-state index is 11.8. The van der Waals surface area contributed by atoms with E-state index in [-0.39, 0.29) is 12.2 Å². The number of methoxy groups -OCH3 is 2. The Bertz CT molecular complexity index is 413. The molecule has 1 rings (SSSR count). The van der Waals surface area contributed by atoms with Crippen LogP contribution in [0.4, 0.5) is 0 Å². The average Bonchev–Trinajstić information content (AvgIpc) is 2.31. The van der Waals surface area contributed by atoms with Gasteiger partial charge in [0.2, 0.25) is 6.29 Å². The molecule has 0 amide bonds. The van der Waals surface area contributed by atoms with Gasteiger partial charge in [-0.2, -0.15) is 0 Å². The van der Waals surface area contributed by atoms with Gasteiger partial charge in [-0.1, -0.05) is 23.7 Å². The zero-order chi connectivity index (χ0) is 12.8. The lowest BCUT2D eigenvalue weighted by Gasteiger charge is -2.11. The summed E-state index contributed by atoms with van der Waals surface area (Å²) in [6.07, 6.45) is -1.31. The number of hydrogen-bond acceptors (Lipinski definition) is 4. The molecule has 0 aromatic heterocycles. The highest BCUT2D eigenvalue weighted by molar-refractivity contribution is 6.34. The van der Waals surface area contributed by atoms with Crippen LogP contribution in [0.3, 0.4) is 0 Å². The molecule has 0 unspecified atom stereocenters. The zero-order valence-corrected chi connectivity index (χ0v) is 10.4. The first-order chi connectivity index (χ1) is 8.10. The number of ketones is 2. The molecule has 0 bridgehead atoms. The maximum atomic E-state index is 11.8. The van der Waals surface area contributed by atoms with Crippen LogP contribution in [0.1, 0.15) is 16.8 Å². The third kappa shape index (κ3) is 3.63. The summed E-state index contributed by atoms with van der Waals surface area (Å²) >= 11 is 5.86. The molecule has 1 aromatic rings. The molecule has 92 valence electrons. The van der Waals surface area contributed by atoms with Crippen LogP contribution >= 0.6 is 11.6 Å². The quantitative estimate of drug-likeness (QED) is 0.444. The van der Waals surface area contributed by atoms with Gasteiger partial charge in [-0.3, -0.25) is 9.59 Å². The van der Waals surface area contributed by atoms with E-state index in [0.29, 0.717) is 10.6 Å². The van der Waals surface area contributed by atoms with Gasteiger partial charge in [0.25, 0.3) is 0 Å². The third-order valence-corrected chi connectivity index (χ3v) is 2.53. The van der Waals surface area contributed by atoms with Crippen molar-refractivity contribution in [1.29, 1.82) is 0 Å². The summed E-state index contributed by atoms with van der Waals surface area (Å²) in [6.45, 7) is 0. The SMILES string of the molecule is COC(OC)C(=O)CC(=O)c1ccccc1Cl. The Morgan fingerprint density at radius 1 is 1.24 bits per heavy atom. The van der Waals surface area contributed by atoms with Crippen molar-refractivity contribution in [3.63, 3.8) is 0 Å². The molecule has 0 aliphatic heterocycles. The summed E-state index contributed by atoms with van der Waals surface area (Å²) in [7, 11) is 2.68. The van der Waals surface area contributed by atoms with Crippen LogP contribution in [-0.4, -0.2) is 32.1 Å². The van der Waals surface area contributed by atoms with Gasteiger partial charge in [0.05, 0.1) is 11.4 Å². The highest BCUT2D eigenvalue weighted by Crippen LogP contribution is 2.17. The summed E-state index contributed by atoms with van der Waals surface area (Å²) in [5, 5.41) is 0.330. The van der Waals surface area contributed by atoms with E-state index in [9.17, 15) is 9.59 Å². The molecular weight excluding hydrogens is 244 g/mol. The number of Topliss-reactive ketones (excluding diaryl/α,β-unsaturated/α-hetero) is 2. The first kappa shape index (κ1) is 13.8. The second kappa shape index (κ2) is 6.49. The number of benzene rings is 1. The van der Waals surface area contributed by atoms with E-state index in [1.807, 2.05) is 0 Å².